The Bertz CT molecular complexity index is 1000. The quantitative estimate of drug-likeness (QED) is 0.315. The van der Waals surface area contributed by atoms with Crippen LogP contribution in [0.15, 0.2) is 61.1 Å². The molecule has 0 aliphatic rings. The number of Topliss-reactive ketones (excluding diaryl/α,β-unsaturated/α-hetero) is 1. The fourth-order valence-corrected chi connectivity index (χ4v) is 2.82. The summed E-state index contributed by atoms with van der Waals surface area (Å²) >= 11 is 6.02. The number of hydrogen-bond acceptors (Lipinski definition) is 7. The largest absolute Gasteiger partial charge is 0.480 e. The molecule has 1 aromatic carbocycles. The van der Waals surface area contributed by atoms with Crippen molar-refractivity contribution < 1.29 is 14.7 Å². The number of benzene rings is 1. The van der Waals surface area contributed by atoms with Gasteiger partial charge in [0.15, 0.2) is 11.3 Å². The molecule has 9 heteroatoms. The SMILES string of the molecule is N[C@@](Cc1ccccc1)(C(=O)O)C(=O)c1cc(Cl)nc(Nc2cnccn2)c1. The molecule has 0 bridgehead atoms. The number of carboxylic acid groups (broad SMARTS) is 1. The molecule has 1 atom stereocenters. The Morgan fingerprint density at radius 1 is 1.14 bits per heavy atom. The van der Waals surface area contributed by atoms with Gasteiger partial charge in [-0.15, -0.1) is 0 Å². The molecule has 0 spiro atoms. The van der Waals surface area contributed by atoms with Crippen molar-refractivity contribution in [3.8, 4) is 0 Å². The molecule has 4 N–H and O–H groups in total. The van der Waals surface area contributed by atoms with Crippen LogP contribution in [-0.4, -0.2) is 37.3 Å². The van der Waals surface area contributed by atoms with Crippen molar-refractivity contribution >= 4 is 35.0 Å². The monoisotopic (exact) mass is 397 g/mol. The summed E-state index contributed by atoms with van der Waals surface area (Å²) in [5.74, 6) is -1.62. The molecular formula is C19H16ClN5O3. The minimum Gasteiger partial charge on any atom is -0.480 e. The Morgan fingerprint density at radius 2 is 1.89 bits per heavy atom. The number of anilines is 2. The number of rotatable bonds is 7. The van der Waals surface area contributed by atoms with Gasteiger partial charge in [-0.1, -0.05) is 41.9 Å². The van der Waals surface area contributed by atoms with Crippen LogP contribution in [0.1, 0.15) is 15.9 Å². The van der Waals surface area contributed by atoms with Crippen LogP contribution >= 0.6 is 11.6 Å². The number of ketones is 1. The van der Waals surface area contributed by atoms with Crippen molar-refractivity contribution in [2.45, 2.75) is 12.0 Å². The van der Waals surface area contributed by atoms with Gasteiger partial charge in [-0.25, -0.2) is 14.8 Å². The van der Waals surface area contributed by atoms with Gasteiger partial charge in [0.1, 0.15) is 16.8 Å². The van der Waals surface area contributed by atoms with E-state index >= 15 is 0 Å². The Balaban J connectivity index is 1.94. The number of hydrogen-bond donors (Lipinski definition) is 3. The number of nitrogens with one attached hydrogen (secondary N) is 1. The number of carboxylic acids is 1. The molecule has 0 radical (unpaired) electrons. The van der Waals surface area contributed by atoms with Crippen molar-refractivity contribution in [3.63, 3.8) is 0 Å². The van der Waals surface area contributed by atoms with E-state index in [-0.39, 0.29) is 23.0 Å². The van der Waals surface area contributed by atoms with Crippen LogP contribution in [0.5, 0.6) is 0 Å². The summed E-state index contributed by atoms with van der Waals surface area (Å²) in [5, 5.41) is 12.5. The number of carbonyl (C=O) groups is 2. The van der Waals surface area contributed by atoms with E-state index in [4.69, 9.17) is 17.3 Å². The van der Waals surface area contributed by atoms with Gasteiger partial charge in [-0.05, 0) is 17.7 Å². The maximum absolute atomic E-state index is 13.0. The van der Waals surface area contributed by atoms with E-state index in [1.807, 2.05) is 0 Å². The van der Waals surface area contributed by atoms with Crippen LogP contribution in [0, 0.1) is 0 Å². The normalized spacial score (nSPS) is 12.8. The Labute approximate surface area is 165 Å². The maximum atomic E-state index is 13.0. The van der Waals surface area contributed by atoms with Gasteiger partial charge in [0.2, 0.25) is 0 Å². The van der Waals surface area contributed by atoms with E-state index in [0.29, 0.717) is 11.4 Å². The second-order valence-electron chi connectivity index (χ2n) is 6.05. The topological polar surface area (TPSA) is 131 Å². The molecular weight excluding hydrogens is 382 g/mol. The summed E-state index contributed by atoms with van der Waals surface area (Å²) in [6.07, 6.45) is 4.28. The zero-order chi connectivity index (χ0) is 20.1. The molecule has 2 aromatic heterocycles. The molecule has 3 aromatic rings. The van der Waals surface area contributed by atoms with Crippen molar-refractivity contribution in [2.75, 3.05) is 5.32 Å². The standard InChI is InChI=1S/C19H16ClN5O3/c20-14-8-13(9-15(24-14)25-16-11-22-6-7-23-16)17(26)19(21,18(27)28)10-12-4-2-1-3-5-12/h1-9,11H,10,21H2,(H,27,28)(H,23,24,25)/t19-/m1/s1. The fraction of sp³-hybridized carbons (Fsp3) is 0.105. The molecule has 8 nitrogen and oxygen atoms in total. The predicted molar refractivity (Wildman–Crippen MR) is 104 cm³/mol. The zero-order valence-corrected chi connectivity index (χ0v) is 15.3. The highest BCUT2D eigenvalue weighted by atomic mass is 35.5. The molecule has 0 aliphatic carbocycles. The second kappa shape index (κ2) is 8.12. The molecule has 0 aliphatic heterocycles. The highest BCUT2D eigenvalue weighted by Gasteiger charge is 2.43. The number of halogens is 1. The van der Waals surface area contributed by atoms with Crippen molar-refractivity contribution in [1.29, 1.82) is 0 Å². The lowest BCUT2D eigenvalue weighted by molar-refractivity contribution is -0.141. The third kappa shape index (κ3) is 4.30. The van der Waals surface area contributed by atoms with Crippen molar-refractivity contribution in [2.24, 2.45) is 5.73 Å². The molecule has 0 saturated carbocycles. The Kier molecular flexibility index (Phi) is 5.62. The molecule has 0 unspecified atom stereocenters. The van der Waals surface area contributed by atoms with Crippen LogP contribution in [-0.2, 0) is 11.2 Å². The molecule has 142 valence electrons. The number of carbonyl (C=O) groups excluding carboxylic acids is 1. The lowest BCUT2D eigenvalue weighted by Gasteiger charge is -2.23. The van der Waals surface area contributed by atoms with E-state index < -0.39 is 17.3 Å². The molecule has 28 heavy (non-hydrogen) atoms. The van der Waals surface area contributed by atoms with Gasteiger partial charge in [0.25, 0.3) is 0 Å². The number of aromatic nitrogens is 3. The lowest BCUT2D eigenvalue weighted by atomic mass is 9.84. The van der Waals surface area contributed by atoms with Gasteiger partial charge in [0.05, 0.1) is 6.20 Å². The third-order valence-electron chi connectivity index (χ3n) is 3.99. The van der Waals surface area contributed by atoms with Crippen LogP contribution in [0.3, 0.4) is 0 Å². The first-order chi connectivity index (χ1) is 13.4. The number of nitrogens with zero attached hydrogens (tertiary/aromatic N) is 3. The van der Waals surface area contributed by atoms with Crippen molar-refractivity contribution in [3.05, 3.63) is 77.3 Å². The van der Waals surface area contributed by atoms with Crippen molar-refractivity contribution in [1.82, 2.24) is 15.0 Å². The van der Waals surface area contributed by atoms with E-state index in [2.05, 4.69) is 20.3 Å². The fourth-order valence-electron chi connectivity index (χ4n) is 2.62. The third-order valence-corrected chi connectivity index (χ3v) is 4.18. The smallest absolute Gasteiger partial charge is 0.332 e. The predicted octanol–water partition coefficient (Wildman–Crippen LogP) is 2.48. The number of aliphatic carboxylic acids is 1. The summed E-state index contributed by atoms with van der Waals surface area (Å²) in [7, 11) is 0. The summed E-state index contributed by atoms with van der Waals surface area (Å²) < 4.78 is 0. The van der Waals surface area contributed by atoms with Crippen LogP contribution in [0.25, 0.3) is 0 Å². The summed E-state index contributed by atoms with van der Waals surface area (Å²) in [6.45, 7) is 0. The van der Waals surface area contributed by atoms with Gasteiger partial charge in [0, 0.05) is 24.4 Å². The summed E-state index contributed by atoms with van der Waals surface area (Å²) in [4.78, 5) is 36.9. The number of nitrogens with two attached hydrogens (primary N) is 1. The minimum absolute atomic E-state index is 0.00434. The van der Waals surface area contributed by atoms with Gasteiger partial charge >= 0.3 is 5.97 Å². The van der Waals surface area contributed by atoms with Crippen LogP contribution in [0.2, 0.25) is 5.15 Å². The van der Waals surface area contributed by atoms with Gasteiger partial charge < -0.3 is 16.2 Å². The first-order valence-corrected chi connectivity index (χ1v) is 8.58. The van der Waals surface area contributed by atoms with Crippen LogP contribution < -0.4 is 11.1 Å². The minimum atomic E-state index is -2.16. The number of pyridine rings is 1. The summed E-state index contributed by atoms with van der Waals surface area (Å²) in [5.41, 5.74) is 4.53. The Hall–Kier alpha value is -3.36. The molecule has 2 heterocycles. The Morgan fingerprint density at radius 3 is 2.54 bits per heavy atom. The second-order valence-corrected chi connectivity index (χ2v) is 6.43. The van der Waals surface area contributed by atoms with Gasteiger partial charge in [-0.2, -0.15) is 0 Å². The molecule has 0 fully saturated rings. The molecule has 0 saturated heterocycles. The molecule has 0 amide bonds. The highest BCUT2D eigenvalue weighted by Crippen LogP contribution is 2.23. The van der Waals surface area contributed by atoms with E-state index in [0.717, 1.165) is 0 Å². The van der Waals surface area contributed by atoms with E-state index in [1.54, 1.807) is 30.3 Å². The van der Waals surface area contributed by atoms with E-state index in [9.17, 15) is 14.7 Å². The lowest BCUT2D eigenvalue weighted by Crippen LogP contribution is -2.56. The first kappa shape index (κ1) is 19.4. The summed E-state index contributed by atoms with van der Waals surface area (Å²) in [6, 6.07) is 11.3. The average Bonchev–Trinajstić information content (AvgIpc) is 2.68. The maximum Gasteiger partial charge on any atom is 0.332 e. The molecule has 3 rings (SSSR count). The highest BCUT2D eigenvalue weighted by molar-refractivity contribution is 6.30. The first-order valence-electron chi connectivity index (χ1n) is 8.20. The van der Waals surface area contributed by atoms with Gasteiger partial charge in [-0.3, -0.25) is 9.78 Å². The van der Waals surface area contributed by atoms with Crippen LogP contribution in [0.4, 0.5) is 11.6 Å². The van der Waals surface area contributed by atoms with E-state index in [1.165, 1.54) is 30.7 Å². The zero-order valence-electron chi connectivity index (χ0n) is 14.5. The average molecular weight is 398 g/mol.